The Morgan fingerprint density at radius 3 is 2.45 bits per heavy atom. The minimum absolute atomic E-state index is 0.0651. The largest absolute Gasteiger partial charge is 0.495 e. The number of hydrogen-bond acceptors (Lipinski definition) is 2. The van der Waals surface area contributed by atoms with Gasteiger partial charge in [0.05, 0.1) is 14.0 Å². The molecule has 5 unspecified atom stereocenters. The van der Waals surface area contributed by atoms with Crippen LogP contribution in [0.3, 0.4) is 0 Å². The van der Waals surface area contributed by atoms with Crippen LogP contribution in [0.1, 0.15) is 108 Å². The smallest absolute Gasteiger partial charge is 0.249 e. The first-order valence-corrected chi connectivity index (χ1v) is 23.5. The molecule has 272 valence electrons. The molecule has 5 atom stereocenters. The van der Waals surface area contributed by atoms with E-state index in [4.69, 9.17) is 6.58 Å². The SMILES string of the molecule is C=C(O)NC1(C(C)C(C)C)CCc2cccc[n+]2C(=C)C2C(CCC1C=CCC)c1ccccc1-c1cc(CC3CCCC3)c([Si](C)(C)C)c[n+]12. The van der Waals surface area contributed by atoms with Crippen molar-refractivity contribution in [2.24, 2.45) is 23.7 Å². The minimum Gasteiger partial charge on any atom is -0.495 e. The number of nitrogens with zero attached hydrogens (tertiary/aromatic N) is 2. The van der Waals surface area contributed by atoms with E-state index < -0.39 is 8.07 Å². The van der Waals surface area contributed by atoms with Crippen molar-refractivity contribution >= 4 is 19.0 Å². The van der Waals surface area contributed by atoms with E-state index >= 15 is 0 Å². The first-order chi connectivity index (χ1) is 24.4. The molecule has 1 fully saturated rings. The van der Waals surface area contributed by atoms with Gasteiger partial charge in [-0.1, -0.05) is 109 Å². The molecule has 0 spiro atoms. The van der Waals surface area contributed by atoms with Gasteiger partial charge in [-0.25, -0.2) is 0 Å². The second-order valence-corrected chi connectivity index (χ2v) is 22.5. The number of pyridine rings is 2. The molecule has 5 heteroatoms. The summed E-state index contributed by atoms with van der Waals surface area (Å²) in [5.74, 6) is 2.01. The summed E-state index contributed by atoms with van der Waals surface area (Å²) in [5, 5.41) is 16.2. The third kappa shape index (κ3) is 7.43. The Morgan fingerprint density at radius 1 is 1.04 bits per heavy atom. The second kappa shape index (κ2) is 15.3. The fourth-order valence-electron chi connectivity index (χ4n) is 10.1. The van der Waals surface area contributed by atoms with Gasteiger partial charge in [-0.05, 0) is 80.2 Å². The molecule has 0 saturated heterocycles. The van der Waals surface area contributed by atoms with E-state index in [2.05, 4.69) is 141 Å². The van der Waals surface area contributed by atoms with Gasteiger partial charge in [0.2, 0.25) is 17.4 Å². The van der Waals surface area contributed by atoms with Gasteiger partial charge in [-0.15, -0.1) is 0 Å². The van der Waals surface area contributed by atoms with E-state index in [0.29, 0.717) is 5.92 Å². The fraction of sp³-hybridized carbons (Fsp3) is 0.522. The van der Waals surface area contributed by atoms with Gasteiger partial charge in [-0.2, -0.15) is 9.13 Å². The van der Waals surface area contributed by atoms with Crippen LogP contribution in [-0.2, 0) is 12.8 Å². The maximum absolute atomic E-state index is 10.9. The van der Waals surface area contributed by atoms with Crippen LogP contribution in [0.2, 0.25) is 19.6 Å². The summed E-state index contributed by atoms with van der Waals surface area (Å²) in [6.07, 6.45) is 21.1. The Bertz CT molecular complexity index is 1760. The van der Waals surface area contributed by atoms with Crippen LogP contribution in [0.4, 0.5) is 0 Å². The van der Waals surface area contributed by atoms with Crippen LogP contribution >= 0.6 is 0 Å². The summed E-state index contributed by atoms with van der Waals surface area (Å²) in [6.45, 7) is 25.8. The zero-order valence-corrected chi connectivity index (χ0v) is 33.7. The van der Waals surface area contributed by atoms with Crippen molar-refractivity contribution in [2.45, 2.75) is 129 Å². The topological polar surface area (TPSA) is 40.0 Å². The summed E-state index contributed by atoms with van der Waals surface area (Å²) in [7, 11) is -1.69. The lowest BCUT2D eigenvalue weighted by molar-refractivity contribution is -0.729. The number of hydrogen-bond donors (Lipinski definition) is 2. The summed E-state index contributed by atoms with van der Waals surface area (Å²) in [4.78, 5) is 0. The predicted molar refractivity (Wildman–Crippen MR) is 217 cm³/mol. The number of nitrogens with one attached hydrogen (secondary N) is 1. The maximum Gasteiger partial charge on any atom is 0.249 e. The molecule has 1 saturated carbocycles. The summed E-state index contributed by atoms with van der Waals surface area (Å²) in [6, 6.07) is 18.5. The molecule has 3 aliphatic rings. The molecular formula is C46H65N3OSi+2. The molecule has 1 aliphatic carbocycles. The van der Waals surface area contributed by atoms with Gasteiger partial charge in [0.25, 0.3) is 0 Å². The third-order valence-electron chi connectivity index (χ3n) is 12.9. The van der Waals surface area contributed by atoms with Gasteiger partial charge < -0.3 is 10.4 Å². The Hall–Kier alpha value is -3.44. The number of aromatic nitrogens is 2. The number of rotatable bonds is 9. The van der Waals surface area contributed by atoms with Crippen molar-refractivity contribution in [3.63, 3.8) is 0 Å². The molecular weight excluding hydrogens is 639 g/mol. The van der Waals surface area contributed by atoms with E-state index in [9.17, 15) is 5.11 Å². The molecule has 6 rings (SSSR count). The van der Waals surface area contributed by atoms with Crippen LogP contribution in [-0.4, -0.2) is 18.7 Å². The normalized spacial score (nSPS) is 24.7. The van der Waals surface area contributed by atoms with E-state index in [1.165, 1.54) is 54.6 Å². The van der Waals surface area contributed by atoms with Crippen LogP contribution in [0, 0.1) is 23.7 Å². The standard InChI is InChI=1S/C46H64N3OSi/c1-10-11-20-38-24-25-42-40-22-14-15-23-41(40)43-30-37(29-36-18-12-13-19-36)44(51(7,8)9)31-49(43)45(42)34(5)48-28-17-16-21-39(48)26-27-46(38,47-35(6)50)33(4)32(2)3/h11,14-17,20-23,28,30-33,36,38,42,45,47H,5-6,10,12-13,18-19,24-27,29H2,1-4,7-9H3/q+1/p+1. The van der Waals surface area contributed by atoms with Crippen molar-refractivity contribution < 1.29 is 14.2 Å². The molecule has 3 aromatic rings. The van der Waals surface area contributed by atoms with Gasteiger partial charge >= 0.3 is 0 Å². The van der Waals surface area contributed by atoms with Crippen LogP contribution in [0.25, 0.3) is 17.0 Å². The fourth-order valence-corrected chi connectivity index (χ4v) is 11.7. The molecule has 2 aromatic heterocycles. The Morgan fingerprint density at radius 2 is 1.76 bits per heavy atom. The molecule has 0 radical (unpaired) electrons. The average Bonchev–Trinajstić information content (AvgIpc) is 3.61. The second-order valence-electron chi connectivity index (χ2n) is 17.5. The first-order valence-electron chi connectivity index (χ1n) is 20.0. The van der Waals surface area contributed by atoms with Gasteiger partial charge in [0.1, 0.15) is 0 Å². The van der Waals surface area contributed by atoms with E-state index in [-0.39, 0.29) is 35.2 Å². The van der Waals surface area contributed by atoms with Gasteiger partial charge in [-0.3, -0.25) is 0 Å². The van der Waals surface area contributed by atoms with Crippen LogP contribution in [0.15, 0.2) is 92.1 Å². The van der Waals surface area contributed by atoms with Crippen molar-refractivity contribution in [3.8, 4) is 11.3 Å². The molecule has 0 amide bonds. The molecule has 4 nitrogen and oxygen atoms in total. The molecule has 1 aromatic carbocycles. The number of fused-ring (bicyclic) bond motifs is 7. The van der Waals surface area contributed by atoms with Crippen molar-refractivity contribution in [3.05, 3.63) is 109 Å². The quantitative estimate of drug-likeness (QED) is 0.101. The lowest BCUT2D eigenvalue weighted by Gasteiger charge is -2.47. The highest BCUT2D eigenvalue weighted by Crippen LogP contribution is 2.47. The minimum atomic E-state index is -1.69. The summed E-state index contributed by atoms with van der Waals surface area (Å²) in [5.41, 5.74) is 7.78. The van der Waals surface area contributed by atoms with Crippen molar-refractivity contribution in [1.82, 2.24) is 5.32 Å². The maximum atomic E-state index is 10.9. The third-order valence-corrected chi connectivity index (χ3v) is 15.0. The zero-order valence-electron chi connectivity index (χ0n) is 32.7. The lowest BCUT2D eigenvalue weighted by atomic mass is 9.65. The van der Waals surface area contributed by atoms with Gasteiger partial charge in [0, 0.05) is 46.8 Å². The summed E-state index contributed by atoms with van der Waals surface area (Å²) < 4.78 is 5.07. The Balaban J connectivity index is 1.59. The van der Waals surface area contributed by atoms with Crippen LogP contribution < -0.4 is 19.6 Å². The Kier molecular flexibility index (Phi) is 11.2. The van der Waals surface area contributed by atoms with E-state index in [0.717, 1.165) is 43.7 Å². The molecule has 0 bridgehead atoms. The first kappa shape index (κ1) is 37.3. The summed E-state index contributed by atoms with van der Waals surface area (Å²) >= 11 is 0. The number of benzene rings is 1. The Labute approximate surface area is 310 Å². The predicted octanol–water partition coefficient (Wildman–Crippen LogP) is 9.97. The highest BCUT2D eigenvalue weighted by atomic mass is 28.3. The monoisotopic (exact) mass is 703 g/mol. The highest BCUT2D eigenvalue weighted by molar-refractivity contribution is 6.89. The molecule has 4 heterocycles. The lowest BCUT2D eigenvalue weighted by Crippen LogP contribution is -2.57. The average molecular weight is 704 g/mol. The molecule has 2 aliphatic heterocycles. The van der Waals surface area contributed by atoms with E-state index in [1.807, 2.05) is 0 Å². The number of aliphatic hydroxyl groups is 1. The highest BCUT2D eigenvalue weighted by Gasteiger charge is 2.50. The number of allylic oxidation sites excluding steroid dienone is 2. The van der Waals surface area contributed by atoms with Crippen LogP contribution in [0.5, 0.6) is 0 Å². The molecule has 2 N–H and O–H groups in total. The molecule has 51 heavy (non-hydrogen) atoms. The zero-order chi connectivity index (χ0) is 36.5. The van der Waals surface area contributed by atoms with Gasteiger partial charge in [0.15, 0.2) is 24.0 Å². The van der Waals surface area contributed by atoms with E-state index in [1.54, 1.807) is 10.8 Å². The number of aryl methyl sites for hydroxylation is 1. The van der Waals surface area contributed by atoms with Crippen molar-refractivity contribution in [2.75, 3.05) is 0 Å². The number of aliphatic hydroxyl groups excluding tert-OH is 1. The van der Waals surface area contributed by atoms with Crippen molar-refractivity contribution in [1.29, 1.82) is 0 Å².